The molecule has 1 amide bonds. The molecule has 0 aromatic heterocycles. The van der Waals surface area contributed by atoms with Crippen LogP contribution in [0.5, 0.6) is 5.75 Å². The molecule has 1 aromatic rings. The first-order valence-electron chi connectivity index (χ1n) is 6.15. The number of nitrogens with one attached hydrogen (secondary N) is 1. The lowest BCUT2D eigenvalue weighted by Gasteiger charge is -2.13. The SMILES string of the molecule is COc1c(C)ccc(NC(=O)CCCCO)c1C. The van der Waals surface area contributed by atoms with E-state index in [9.17, 15) is 4.79 Å². The van der Waals surface area contributed by atoms with Gasteiger partial charge in [-0.05, 0) is 38.3 Å². The second kappa shape index (κ2) is 7.01. The Hall–Kier alpha value is -1.55. The molecule has 2 N–H and O–H groups in total. The lowest BCUT2D eigenvalue weighted by molar-refractivity contribution is -0.116. The van der Waals surface area contributed by atoms with Crippen LogP contribution in [0.3, 0.4) is 0 Å². The number of aliphatic hydroxyl groups excluding tert-OH is 1. The topological polar surface area (TPSA) is 58.6 Å². The fraction of sp³-hybridized carbons (Fsp3) is 0.500. The first-order valence-corrected chi connectivity index (χ1v) is 6.15. The monoisotopic (exact) mass is 251 g/mol. The summed E-state index contributed by atoms with van der Waals surface area (Å²) in [6, 6.07) is 3.81. The number of methoxy groups -OCH3 is 1. The van der Waals surface area contributed by atoms with E-state index in [1.165, 1.54) is 0 Å². The molecule has 1 aromatic carbocycles. The van der Waals surface area contributed by atoms with Crippen LogP contribution >= 0.6 is 0 Å². The molecule has 100 valence electrons. The summed E-state index contributed by atoms with van der Waals surface area (Å²) in [7, 11) is 1.63. The lowest BCUT2D eigenvalue weighted by Crippen LogP contribution is -2.12. The summed E-state index contributed by atoms with van der Waals surface area (Å²) in [6.07, 6.45) is 1.78. The highest BCUT2D eigenvalue weighted by Crippen LogP contribution is 2.29. The average molecular weight is 251 g/mol. The van der Waals surface area contributed by atoms with Crippen molar-refractivity contribution in [3.8, 4) is 5.75 Å². The zero-order valence-electron chi connectivity index (χ0n) is 11.2. The summed E-state index contributed by atoms with van der Waals surface area (Å²) >= 11 is 0. The van der Waals surface area contributed by atoms with Crippen molar-refractivity contribution in [2.75, 3.05) is 19.0 Å². The minimum Gasteiger partial charge on any atom is -0.496 e. The molecule has 0 atom stereocenters. The largest absolute Gasteiger partial charge is 0.496 e. The number of aryl methyl sites for hydroxylation is 1. The van der Waals surface area contributed by atoms with Crippen molar-refractivity contribution in [1.82, 2.24) is 0 Å². The molecule has 18 heavy (non-hydrogen) atoms. The van der Waals surface area contributed by atoms with Gasteiger partial charge in [-0.25, -0.2) is 0 Å². The predicted molar refractivity (Wildman–Crippen MR) is 72.0 cm³/mol. The van der Waals surface area contributed by atoms with Gasteiger partial charge in [-0.15, -0.1) is 0 Å². The van der Waals surface area contributed by atoms with E-state index >= 15 is 0 Å². The van der Waals surface area contributed by atoms with Crippen molar-refractivity contribution >= 4 is 11.6 Å². The summed E-state index contributed by atoms with van der Waals surface area (Å²) < 4.78 is 5.31. The van der Waals surface area contributed by atoms with E-state index in [4.69, 9.17) is 9.84 Å². The molecule has 0 spiro atoms. The Morgan fingerprint density at radius 1 is 1.33 bits per heavy atom. The number of carbonyl (C=O) groups is 1. The standard InChI is InChI=1S/C14H21NO3/c1-10-7-8-12(11(2)14(10)18-3)15-13(17)6-4-5-9-16/h7-8,16H,4-6,9H2,1-3H3,(H,15,17). The van der Waals surface area contributed by atoms with Crippen LogP contribution in [0.1, 0.15) is 30.4 Å². The molecule has 0 unspecified atom stereocenters. The maximum atomic E-state index is 11.7. The summed E-state index contributed by atoms with van der Waals surface area (Å²) in [6.45, 7) is 4.03. The van der Waals surface area contributed by atoms with Crippen LogP contribution in [-0.4, -0.2) is 24.7 Å². The summed E-state index contributed by atoms with van der Waals surface area (Å²) in [5, 5.41) is 11.5. The van der Waals surface area contributed by atoms with E-state index in [0.29, 0.717) is 19.3 Å². The van der Waals surface area contributed by atoms with Crippen LogP contribution in [0.2, 0.25) is 0 Å². The Bertz CT molecular complexity index is 416. The van der Waals surface area contributed by atoms with Gasteiger partial charge in [0.25, 0.3) is 0 Å². The van der Waals surface area contributed by atoms with E-state index in [-0.39, 0.29) is 12.5 Å². The van der Waals surface area contributed by atoms with Gasteiger partial charge in [0.15, 0.2) is 0 Å². The second-order valence-corrected chi connectivity index (χ2v) is 4.32. The Balaban J connectivity index is 2.70. The van der Waals surface area contributed by atoms with Crippen molar-refractivity contribution in [3.05, 3.63) is 23.3 Å². The number of carbonyl (C=O) groups excluding carboxylic acids is 1. The van der Waals surface area contributed by atoms with Gasteiger partial charge in [-0.3, -0.25) is 4.79 Å². The molecular weight excluding hydrogens is 230 g/mol. The number of benzene rings is 1. The first-order chi connectivity index (χ1) is 8.60. The van der Waals surface area contributed by atoms with Crippen LogP contribution in [0.15, 0.2) is 12.1 Å². The lowest BCUT2D eigenvalue weighted by atomic mass is 10.1. The third-order valence-electron chi connectivity index (χ3n) is 2.89. The normalized spacial score (nSPS) is 10.2. The van der Waals surface area contributed by atoms with Gasteiger partial charge in [-0.2, -0.15) is 0 Å². The highest BCUT2D eigenvalue weighted by atomic mass is 16.5. The molecule has 4 nitrogen and oxygen atoms in total. The van der Waals surface area contributed by atoms with Gasteiger partial charge in [0.05, 0.1) is 7.11 Å². The van der Waals surface area contributed by atoms with E-state index in [1.54, 1.807) is 7.11 Å². The van der Waals surface area contributed by atoms with Crippen LogP contribution < -0.4 is 10.1 Å². The second-order valence-electron chi connectivity index (χ2n) is 4.32. The van der Waals surface area contributed by atoms with Crippen molar-refractivity contribution in [2.45, 2.75) is 33.1 Å². The Labute approximate surface area is 108 Å². The minimum absolute atomic E-state index is 0.0301. The Morgan fingerprint density at radius 3 is 2.67 bits per heavy atom. The maximum Gasteiger partial charge on any atom is 0.224 e. The average Bonchev–Trinajstić information content (AvgIpc) is 2.34. The van der Waals surface area contributed by atoms with Crippen LogP contribution in [0.4, 0.5) is 5.69 Å². The Morgan fingerprint density at radius 2 is 2.06 bits per heavy atom. The number of anilines is 1. The molecule has 0 aliphatic rings. The van der Waals surface area contributed by atoms with E-state index in [1.807, 2.05) is 26.0 Å². The van der Waals surface area contributed by atoms with Gasteiger partial charge >= 0.3 is 0 Å². The molecule has 0 aliphatic heterocycles. The third-order valence-corrected chi connectivity index (χ3v) is 2.89. The fourth-order valence-corrected chi connectivity index (χ4v) is 1.89. The number of ether oxygens (including phenoxy) is 1. The molecule has 0 aliphatic carbocycles. The van der Waals surface area contributed by atoms with E-state index in [2.05, 4.69) is 5.32 Å². The van der Waals surface area contributed by atoms with E-state index < -0.39 is 0 Å². The van der Waals surface area contributed by atoms with Crippen LogP contribution in [0.25, 0.3) is 0 Å². The molecule has 1 rings (SSSR count). The zero-order valence-corrected chi connectivity index (χ0v) is 11.2. The fourth-order valence-electron chi connectivity index (χ4n) is 1.89. The molecule has 0 bridgehead atoms. The van der Waals surface area contributed by atoms with Gasteiger partial charge in [-0.1, -0.05) is 6.07 Å². The number of aliphatic hydroxyl groups is 1. The maximum absolute atomic E-state index is 11.7. The number of rotatable bonds is 6. The van der Waals surface area contributed by atoms with Gasteiger partial charge in [0, 0.05) is 24.3 Å². The van der Waals surface area contributed by atoms with Crippen LogP contribution in [-0.2, 0) is 4.79 Å². The highest BCUT2D eigenvalue weighted by Gasteiger charge is 2.10. The number of unbranched alkanes of at least 4 members (excludes halogenated alkanes) is 1. The van der Waals surface area contributed by atoms with Gasteiger partial charge in [0.2, 0.25) is 5.91 Å². The summed E-state index contributed by atoms with van der Waals surface area (Å²) in [5.41, 5.74) is 2.77. The number of hydrogen-bond donors (Lipinski definition) is 2. The molecule has 0 heterocycles. The minimum atomic E-state index is -0.0301. The predicted octanol–water partition coefficient (Wildman–Crippen LogP) is 2.41. The number of amides is 1. The molecule has 0 saturated carbocycles. The van der Waals surface area contributed by atoms with E-state index in [0.717, 1.165) is 22.6 Å². The van der Waals surface area contributed by atoms with Gasteiger partial charge < -0.3 is 15.2 Å². The van der Waals surface area contributed by atoms with Crippen molar-refractivity contribution in [1.29, 1.82) is 0 Å². The van der Waals surface area contributed by atoms with Crippen molar-refractivity contribution in [3.63, 3.8) is 0 Å². The molecule has 0 saturated heterocycles. The molecule has 0 fully saturated rings. The molecular formula is C14H21NO3. The smallest absolute Gasteiger partial charge is 0.224 e. The first kappa shape index (κ1) is 14.5. The third kappa shape index (κ3) is 3.74. The van der Waals surface area contributed by atoms with Crippen molar-refractivity contribution < 1.29 is 14.6 Å². The molecule has 0 radical (unpaired) electrons. The summed E-state index contributed by atoms with van der Waals surface area (Å²) in [4.78, 5) is 11.7. The Kier molecular flexibility index (Phi) is 5.65. The number of hydrogen-bond acceptors (Lipinski definition) is 3. The highest BCUT2D eigenvalue weighted by molar-refractivity contribution is 5.91. The van der Waals surface area contributed by atoms with Gasteiger partial charge in [0.1, 0.15) is 5.75 Å². The van der Waals surface area contributed by atoms with Crippen LogP contribution in [0, 0.1) is 13.8 Å². The van der Waals surface area contributed by atoms with Crippen molar-refractivity contribution in [2.24, 2.45) is 0 Å². The quantitative estimate of drug-likeness (QED) is 0.763. The molecule has 4 heteroatoms. The summed E-state index contributed by atoms with van der Waals surface area (Å²) in [5.74, 6) is 0.778. The zero-order chi connectivity index (χ0) is 13.5.